The van der Waals surface area contributed by atoms with E-state index < -0.39 is 17.8 Å². The summed E-state index contributed by atoms with van der Waals surface area (Å²) in [5.41, 5.74) is 0.119. The predicted molar refractivity (Wildman–Crippen MR) is 109 cm³/mol. The first-order valence-corrected chi connectivity index (χ1v) is 9.60. The Kier molecular flexibility index (Phi) is 6.79. The summed E-state index contributed by atoms with van der Waals surface area (Å²) in [4.78, 5) is 16.1. The van der Waals surface area contributed by atoms with E-state index in [-0.39, 0.29) is 17.2 Å². The van der Waals surface area contributed by atoms with Crippen LogP contribution < -0.4 is 14.8 Å². The Balaban J connectivity index is 1.56. The van der Waals surface area contributed by atoms with Gasteiger partial charge in [0.25, 0.3) is 0 Å². The van der Waals surface area contributed by atoms with Gasteiger partial charge in [0.15, 0.2) is 11.5 Å². The van der Waals surface area contributed by atoms with Gasteiger partial charge in [-0.05, 0) is 35.9 Å². The molecule has 2 N–H and O–H groups in total. The van der Waals surface area contributed by atoms with Crippen molar-refractivity contribution in [2.24, 2.45) is 0 Å². The first kappa shape index (κ1) is 22.5. The van der Waals surface area contributed by atoms with Gasteiger partial charge in [0.2, 0.25) is 5.75 Å². The highest BCUT2D eigenvalue weighted by molar-refractivity contribution is 5.89. The minimum atomic E-state index is -4.47. The molecule has 2 aromatic rings. The number of anilines is 1. The van der Waals surface area contributed by atoms with Crippen LogP contribution in [0.3, 0.4) is 0 Å². The van der Waals surface area contributed by atoms with Crippen LogP contribution in [0.4, 0.5) is 23.7 Å². The van der Waals surface area contributed by atoms with E-state index in [4.69, 9.17) is 9.47 Å². The maximum Gasteiger partial charge on any atom is 0.416 e. The number of phenolic OH excluding ortho intramolecular Hbond substituents is 1. The predicted octanol–water partition coefficient (Wildman–Crippen LogP) is 3.78. The number of hydrogen-bond donors (Lipinski definition) is 2. The van der Waals surface area contributed by atoms with Crippen molar-refractivity contribution in [1.29, 1.82) is 0 Å². The molecule has 0 bridgehead atoms. The molecule has 168 valence electrons. The number of piperazine rings is 1. The zero-order valence-electron chi connectivity index (χ0n) is 17.2. The van der Waals surface area contributed by atoms with Crippen molar-refractivity contribution in [1.82, 2.24) is 9.80 Å². The second-order valence-corrected chi connectivity index (χ2v) is 7.12. The van der Waals surface area contributed by atoms with E-state index in [9.17, 15) is 23.1 Å². The molecule has 10 heteroatoms. The van der Waals surface area contributed by atoms with Gasteiger partial charge >= 0.3 is 12.2 Å². The zero-order chi connectivity index (χ0) is 22.6. The summed E-state index contributed by atoms with van der Waals surface area (Å²) in [6.07, 6.45) is -4.47. The highest BCUT2D eigenvalue weighted by Crippen LogP contribution is 2.37. The molecular weight excluding hydrogens is 415 g/mol. The van der Waals surface area contributed by atoms with Crippen molar-refractivity contribution in [2.45, 2.75) is 12.7 Å². The lowest BCUT2D eigenvalue weighted by molar-refractivity contribution is -0.137. The first-order valence-electron chi connectivity index (χ1n) is 9.60. The molecule has 1 saturated heterocycles. The molecule has 0 saturated carbocycles. The third-order valence-corrected chi connectivity index (χ3v) is 5.03. The van der Waals surface area contributed by atoms with Crippen LogP contribution in [0.2, 0.25) is 0 Å². The Hall–Kier alpha value is -3.14. The van der Waals surface area contributed by atoms with Crippen LogP contribution in [0, 0.1) is 0 Å². The number of ether oxygens (including phenoxy) is 2. The number of carbonyl (C=O) groups excluding carboxylic acids is 1. The number of methoxy groups -OCH3 is 2. The third-order valence-electron chi connectivity index (χ3n) is 5.03. The fourth-order valence-electron chi connectivity index (χ4n) is 3.43. The van der Waals surface area contributed by atoms with E-state index in [1.807, 2.05) is 0 Å². The second-order valence-electron chi connectivity index (χ2n) is 7.12. The fourth-order valence-corrected chi connectivity index (χ4v) is 3.43. The van der Waals surface area contributed by atoms with Crippen molar-refractivity contribution in [3.8, 4) is 17.2 Å². The van der Waals surface area contributed by atoms with Crippen LogP contribution in [0.25, 0.3) is 0 Å². The van der Waals surface area contributed by atoms with Crippen molar-refractivity contribution in [3.63, 3.8) is 0 Å². The molecule has 1 heterocycles. The highest BCUT2D eigenvalue weighted by atomic mass is 19.4. The lowest BCUT2D eigenvalue weighted by Gasteiger charge is -2.34. The maximum atomic E-state index is 12.8. The van der Waals surface area contributed by atoms with Crippen LogP contribution in [0.1, 0.15) is 11.1 Å². The standard InChI is InChI=1S/C21H24F3N3O4/c1-30-18-11-14(10-17(28)19(18)31-2)13-26-6-8-27(9-7-26)20(29)25-16-5-3-4-15(12-16)21(22,23)24/h3-5,10-12,28H,6-9,13H2,1-2H3,(H,25,29). The topological polar surface area (TPSA) is 74.3 Å². The van der Waals surface area contributed by atoms with Gasteiger partial charge in [0.1, 0.15) is 0 Å². The Morgan fingerprint density at radius 2 is 1.81 bits per heavy atom. The Labute approximate surface area is 178 Å². The lowest BCUT2D eigenvalue weighted by atomic mass is 10.1. The SMILES string of the molecule is COc1cc(CN2CCN(C(=O)Nc3cccc(C(F)(F)F)c3)CC2)cc(O)c1OC. The summed E-state index contributed by atoms with van der Waals surface area (Å²) in [7, 11) is 2.93. The fraction of sp³-hybridized carbons (Fsp3) is 0.381. The van der Waals surface area contributed by atoms with Crippen molar-refractivity contribution < 1.29 is 32.5 Å². The van der Waals surface area contributed by atoms with E-state index in [0.29, 0.717) is 38.5 Å². The number of halogens is 3. The van der Waals surface area contributed by atoms with E-state index >= 15 is 0 Å². The zero-order valence-corrected chi connectivity index (χ0v) is 17.2. The molecular formula is C21H24F3N3O4. The summed E-state index contributed by atoms with van der Waals surface area (Å²) < 4.78 is 48.9. The van der Waals surface area contributed by atoms with Gasteiger partial charge in [-0.25, -0.2) is 4.79 Å². The maximum absolute atomic E-state index is 12.8. The van der Waals surface area contributed by atoms with Gasteiger partial charge in [0, 0.05) is 38.4 Å². The number of alkyl halides is 3. The monoisotopic (exact) mass is 439 g/mol. The number of phenols is 1. The Morgan fingerprint density at radius 3 is 2.42 bits per heavy atom. The molecule has 3 rings (SSSR count). The molecule has 1 fully saturated rings. The highest BCUT2D eigenvalue weighted by Gasteiger charge is 2.30. The quantitative estimate of drug-likeness (QED) is 0.742. The number of carbonyl (C=O) groups is 1. The number of amides is 2. The lowest BCUT2D eigenvalue weighted by Crippen LogP contribution is -2.49. The van der Waals surface area contributed by atoms with Crippen LogP contribution in [0.15, 0.2) is 36.4 Å². The minimum Gasteiger partial charge on any atom is -0.504 e. The summed E-state index contributed by atoms with van der Waals surface area (Å²) in [5, 5.41) is 12.6. The van der Waals surface area contributed by atoms with Gasteiger partial charge in [-0.2, -0.15) is 13.2 Å². The van der Waals surface area contributed by atoms with E-state index in [0.717, 1.165) is 17.7 Å². The summed E-state index contributed by atoms with van der Waals surface area (Å²) >= 11 is 0. The number of benzene rings is 2. The molecule has 1 aliphatic heterocycles. The van der Waals surface area contributed by atoms with E-state index in [2.05, 4.69) is 10.2 Å². The second kappa shape index (κ2) is 9.34. The molecule has 0 atom stereocenters. The molecule has 0 radical (unpaired) electrons. The molecule has 2 aromatic carbocycles. The largest absolute Gasteiger partial charge is 0.504 e. The van der Waals surface area contributed by atoms with Crippen LogP contribution in [0.5, 0.6) is 17.2 Å². The normalized spacial score (nSPS) is 14.9. The average Bonchev–Trinajstić information content (AvgIpc) is 2.73. The smallest absolute Gasteiger partial charge is 0.416 e. The number of hydrogen-bond acceptors (Lipinski definition) is 5. The molecule has 1 aliphatic rings. The van der Waals surface area contributed by atoms with Crippen molar-refractivity contribution in [2.75, 3.05) is 45.7 Å². The van der Waals surface area contributed by atoms with Crippen LogP contribution in [-0.2, 0) is 12.7 Å². The van der Waals surface area contributed by atoms with Gasteiger partial charge in [-0.3, -0.25) is 4.90 Å². The molecule has 7 nitrogen and oxygen atoms in total. The van der Waals surface area contributed by atoms with E-state index in [1.54, 1.807) is 17.0 Å². The van der Waals surface area contributed by atoms with Crippen LogP contribution in [-0.4, -0.2) is 61.3 Å². The molecule has 31 heavy (non-hydrogen) atoms. The van der Waals surface area contributed by atoms with Gasteiger partial charge in [-0.15, -0.1) is 0 Å². The number of aromatic hydroxyl groups is 1. The van der Waals surface area contributed by atoms with Gasteiger partial charge in [-0.1, -0.05) is 6.07 Å². The average molecular weight is 439 g/mol. The number of nitrogens with one attached hydrogen (secondary N) is 1. The molecule has 0 unspecified atom stereocenters. The Morgan fingerprint density at radius 1 is 1.10 bits per heavy atom. The van der Waals surface area contributed by atoms with Gasteiger partial charge < -0.3 is 24.8 Å². The van der Waals surface area contributed by atoms with E-state index in [1.165, 1.54) is 26.4 Å². The summed E-state index contributed by atoms with van der Waals surface area (Å²) in [6.45, 7) is 2.53. The van der Waals surface area contributed by atoms with Crippen LogP contribution >= 0.6 is 0 Å². The van der Waals surface area contributed by atoms with Gasteiger partial charge in [0.05, 0.1) is 19.8 Å². The van der Waals surface area contributed by atoms with Crippen molar-refractivity contribution in [3.05, 3.63) is 47.5 Å². The summed E-state index contributed by atoms with van der Waals surface area (Å²) in [6, 6.07) is 7.50. The molecule has 0 spiro atoms. The number of rotatable bonds is 5. The first-order chi connectivity index (χ1) is 14.7. The number of urea groups is 1. The minimum absolute atomic E-state index is 0.0176. The molecule has 2 amide bonds. The van der Waals surface area contributed by atoms with Crippen molar-refractivity contribution >= 4 is 11.7 Å². The number of nitrogens with zero attached hydrogens (tertiary/aromatic N) is 2. The Bertz CT molecular complexity index is 929. The molecule has 0 aliphatic carbocycles. The third kappa shape index (κ3) is 5.52. The summed E-state index contributed by atoms with van der Waals surface area (Å²) in [5.74, 6) is 0.676. The molecule has 0 aromatic heterocycles.